The third-order valence-electron chi connectivity index (χ3n) is 3.61. The minimum absolute atomic E-state index is 0.284. The lowest BCUT2D eigenvalue weighted by atomic mass is 10.2. The largest absolute Gasteiger partial charge is 0.451 e. The number of aryl methyl sites for hydroxylation is 2. The first-order valence-electron chi connectivity index (χ1n) is 7.30. The Labute approximate surface area is 142 Å². The SMILES string of the molecule is Cc1nc(-c2cc(C(=O)OCC(=O)N3CCNC3=O)n(C)c2)cs1. The highest BCUT2D eigenvalue weighted by atomic mass is 32.1. The van der Waals surface area contributed by atoms with Crippen LogP contribution >= 0.6 is 11.3 Å². The summed E-state index contributed by atoms with van der Waals surface area (Å²) in [6.45, 7) is 2.13. The van der Waals surface area contributed by atoms with Crippen LogP contribution < -0.4 is 5.32 Å². The predicted molar refractivity (Wildman–Crippen MR) is 86.7 cm³/mol. The molecule has 1 N–H and O–H groups in total. The summed E-state index contributed by atoms with van der Waals surface area (Å²) in [5.74, 6) is -1.16. The quantitative estimate of drug-likeness (QED) is 0.837. The Bertz CT molecular complexity index is 810. The molecule has 8 nitrogen and oxygen atoms in total. The molecule has 9 heteroatoms. The average molecular weight is 348 g/mol. The molecule has 3 heterocycles. The Hall–Kier alpha value is -2.68. The number of nitrogens with zero attached hydrogens (tertiary/aromatic N) is 3. The first-order valence-corrected chi connectivity index (χ1v) is 8.18. The van der Waals surface area contributed by atoms with Gasteiger partial charge in [-0.15, -0.1) is 11.3 Å². The summed E-state index contributed by atoms with van der Waals surface area (Å²) in [5, 5.41) is 5.37. The average Bonchev–Trinajstić information content (AvgIpc) is 3.24. The van der Waals surface area contributed by atoms with Crippen molar-refractivity contribution in [1.82, 2.24) is 19.8 Å². The Balaban J connectivity index is 1.66. The van der Waals surface area contributed by atoms with E-state index in [0.29, 0.717) is 12.2 Å². The smallest absolute Gasteiger partial charge is 0.355 e. The standard InChI is InChI=1S/C15H16N4O4S/c1-9-17-11(8-24-9)10-5-12(18(2)6-10)14(21)23-7-13(20)19-4-3-16-15(19)22/h5-6,8H,3-4,7H2,1-2H3,(H,16,22). The number of imide groups is 1. The maximum atomic E-state index is 12.2. The van der Waals surface area contributed by atoms with Crippen molar-refractivity contribution in [3.63, 3.8) is 0 Å². The van der Waals surface area contributed by atoms with Crippen LogP contribution in [0.4, 0.5) is 4.79 Å². The maximum Gasteiger partial charge on any atom is 0.355 e. The van der Waals surface area contributed by atoms with Crippen LogP contribution in [0.3, 0.4) is 0 Å². The Morgan fingerprint density at radius 2 is 2.25 bits per heavy atom. The fraction of sp³-hybridized carbons (Fsp3) is 0.333. The van der Waals surface area contributed by atoms with E-state index in [1.807, 2.05) is 12.3 Å². The normalized spacial score (nSPS) is 13.9. The van der Waals surface area contributed by atoms with Gasteiger partial charge >= 0.3 is 12.0 Å². The van der Waals surface area contributed by atoms with Crippen LogP contribution in [0, 0.1) is 6.92 Å². The lowest BCUT2D eigenvalue weighted by Crippen LogP contribution is -2.37. The van der Waals surface area contributed by atoms with Crippen LogP contribution in [0.2, 0.25) is 0 Å². The molecule has 126 valence electrons. The number of nitrogens with one attached hydrogen (secondary N) is 1. The van der Waals surface area contributed by atoms with Gasteiger partial charge in [-0.05, 0) is 13.0 Å². The van der Waals surface area contributed by atoms with Crippen LogP contribution in [-0.4, -0.2) is 52.1 Å². The molecule has 0 spiro atoms. The number of ether oxygens (including phenoxy) is 1. The highest BCUT2D eigenvalue weighted by Crippen LogP contribution is 2.23. The Morgan fingerprint density at radius 3 is 2.88 bits per heavy atom. The van der Waals surface area contributed by atoms with Crippen molar-refractivity contribution in [2.24, 2.45) is 7.05 Å². The molecule has 0 aliphatic carbocycles. The second kappa shape index (κ2) is 6.44. The molecule has 3 amide bonds. The van der Waals surface area contributed by atoms with Gasteiger partial charge in [-0.25, -0.2) is 14.6 Å². The van der Waals surface area contributed by atoms with E-state index in [1.165, 1.54) is 11.3 Å². The molecule has 0 aromatic carbocycles. The van der Waals surface area contributed by atoms with E-state index in [-0.39, 0.29) is 6.54 Å². The molecule has 0 radical (unpaired) electrons. The molecule has 2 aromatic heterocycles. The summed E-state index contributed by atoms with van der Waals surface area (Å²) in [4.78, 5) is 40.9. The molecule has 1 fully saturated rings. The fourth-order valence-electron chi connectivity index (χ4n) is 2.39. The lowest BCUT2D eigenvalue weighted by Gasteiger charge is -2.12. The maximum absolute atomic E-state index is 12.2. The number of amides is 3. The van der Waals surface area contributed by atoms with Gasteiger partial charge in [0.25, 0.3) is 5.91 Å². The summed E-state index contributed by atoms with van der Waals surface area (Å²) in [6.07, 6.45) is 1.78. The summed E-state index contributed by atoms with van der Waals surface area (Å²) < 4.78 is 6.66. The summed E-state index contributed by atoms with van der Waals surface area (Å²) in [7, 11) is 1.72. The first kappa shape index (κ1) is 16.2. The van der Waals surface area contributed by atoms with Crippen LogP contribution in [0.25, 0.3) is 11.3 Å². The van der Waals surface area contributed by atoms with Crippen LogP contribution in [0.1, 0.15) is 15.5 Å². The minimum atomic E-state index is -0.622. The van der Waals surface area contributed by atoms with Gasteiger partial charge in [0, 0.05) is 37.3 Å². The monoisotopic (exact) mass is 348 g/mol. The first-order chi connectivity index (χ1) is 11.5. The minimum Gasteiger partial charge on any atom is -0.451 e. The summed E-state index contributed by atoms with van der Waals surface area (Å²) in [6, 6.07) is 1.21. The highest BCUT2D eigenvalue weighted by Gasteiger charge is 2.27. The molecular formula is C15H16N4O4S. The third kappa shape index (κ3) is 3.16. The Kier molecular flexibility index (Phi) is 4.34. The number of urea groups is 1. The zero-order valence-electron chi connectivity index (χ0n) is 13.2. The number of thiazole rings is 1. The number of hydrogen-bond donors (Lipinski definition) is 1. The van der Waals surface area contributed by atoms with Crippen molar-refractivity contribution in [1.29, 1.82) is 0 Å². The van der Waals surface area contributed by atoms with Crippen molar-refractivity contribution in [3.05, 3.63) is 28.3 Å². The molecule has 1 aliphatic rings. The van der Waals surface area contributed by atoms with Crippen molar-refractivity contribution < 1.29 is 19.1 Å². The number of carbonyl (C=O) groups is 3. The van der Waals surface area contributed by atoms with E-state index in [4.69, 9.17) is 4.74 Å². The molecule has 0 unspecified atom stereocenters. The number of hydrogen-bond acceptors (Lipinski definition) is 6. The van der Waals surface area contributed by atoms with Gasteiger partial charge in [-0.3, -0.25) is 9.69 Å². The van der Waals surface area contributed by atoms with E-state index in [1.54, 1.807) is 23.9 Å². The summed E-state index contributed by atoms with van der Waals surface area (Å²) >= 11 is 1.53. The van der Waals surface area contributed by atoms with E-state index in [0.717, 1.165) is 21.2 Å². The van der Waals surface area contributed by atoms with Crippen molar-refractivity contribution in [2.75, 3.05) is 19.7 Å². The van der Waals surface area contributed by atoms with Gasteiger partial charge in [0.05, 0.1) is 10.7 Å². The van der Waals surface area contributed by atoms with Crippen LogP contribution in [0.5, 0.6) is 0 Å². The highest BCUT2D eigenvalue weighted by molar-refractivity contribution is 7.09. The number of aromatic nitrogens is 2. The second-order valence-corrected chi connectivity index (χ2v) is 6.39. The molecule has 0 saturated carbocycles. The topological polar surface area (TPSA) is 93.5 Å². The zero-order valence-corrected chi connectivity index (χ0v) is 14.1. The van der Waals surface area contributed by atoms with E-state index in [9.17, 15) is 14.4 Å². The predicted octanol–water partition coefficient (Wildman–Crippen LogP) is 1.17. The lowest BCUT2D eigenvalue weighted by molar-refractivity contribution is -0.130. The van der Waals surface area contributed by atoms with E-state index >= 15 is 0 Å². The summed E-state index contributed by atoms with van der Waals surface area (Å²) in [5.41, 5.74) is 1.91. The molecule has 0 bridgehead atoms. The van der Waals surface area contributed by atoms with Crippen molar-refractivity contribution >= 4 is 29.2 Å². The van der Waals surface area contributed by atoms with Crippen molar-refractivity contribution in [2.45, 2.75) is 6.92 Å². The van der Waals surface area contributed by atoms with Gasteiger partial charge in [0.2, 0.25) is 0 Å². The third-order valence-corrected chi connectivity index (χ3v) is 4.39. The van der Waals surface area contributed by atoms with Crippen LogP contribution in [-0.2, 0) is 16.6 Å². The molecule has 0 atom stereocenters. The Morgan fingerprint density at radius 1 is 1.46 bits per heavy atom. The molecule has 3 rings (SSSR count). The van der Waals surface area contributed by atoms with Gasteiger partial charge in [-0.1, -0.05) is 0 Å². The van der Waals surface area contributed by atoms with Gasteiger partial charge in [0.15, 0.2) is 6.61 Å². The molecule has 2 aromatic rings. The molecule has 24 heavy (non-hydrogen) atoms. The number of rotatable bonds is 4. The van der Waals surface area contributed by atoms with Gasteiger partial charge < -0.3 is 14.6 Å². The second-order valence-electron chi connectivity index (χ2n) is 5.33. The fourth-order valence-corrected chi connectivity index (χ4v) is 3.01. The number of esters is 1. The van der Waals surface area contributed by atoms with Crippen LogP contribution in [0.15, 0.2) is 17.6 Å². The van der Waals surface area contributed by atoms with E-state index in [2.05, 4.69) is 10.3 Å². The zero-order chi connectivity index (χ0) is 17.3. The van der Waals surface area contributed by atoms with Crippen molar-refractivity contribution in [3.8, 4) is 11.3 Å². The van der Waals surface area contributed by atoms with E-state index < -0.39 is 24.5 Å². The number of carbonyl (C=O) groups excluding carboxylic acids is 3. The molecular weight excluding hydrogens is 332 g/mol. The van der Waals surface area contributed by atoms with Gasteiger partial charge in [0.1, 0.15) is 5.69 Å². The molecule has 1 aliphatic heterocycles. The van der Waals surface area contributed by atoms with Gasteiger partial charge in [-0.2, -0.15) is 0 Å². The molecule has 1 saturated heterocycles.